The van der Waals surface area contributed by atoms with E-state index in [2.05, 4.69) is 24.1 Å². The fourth-order valence-corrected chi connectivity index (χ4v) is 6.02. The molecule has 1 amide bonds. The number of hydrogen-bond donors (Lipinski definition) is 1. The molecule has 1 fully saturated rings. The summed E-state index contributed by atoms with van der Waals surface area (Å²) in [6.45, 7) is 6.82. The van der Waals surface area contributed by atoms with E-state index in [1.54, 1.807) is 24.3 Å². The third kappa shape index (κ3) is 4.62. The van der Waals surface area contributed by atoms with Gasteiger partial charge in [0.05, 0.1) is 10.6 Å². The van der Waals surface area contributed by atoms with Crippen molar-refractivity contribution in [2.45, 2.75) is 56.5 Å². The Labute approximate surface area is 185 Å². The van der Waals surface area contributed by atoms with E-state index in [9.17, 15) is 13.2 Å². The molecule has 2 aromatic rings. The summed E-state index contributed by atoms with van der Waals surface area (Å²) < 4.78 is 28.0. The average molecular weight is 442 g/mol. The van der Waals surface area contributed by atoms with E-state index in [1.807, 2.05) is 24.3 Å². The second-order valence-electron chi connectivity index (χ2n) is 8.71. The van der Waals surface area contributed by atoms with Crippen molar-refractivity contribution < 1.29 is 13.2 Å². The van der Waals surface area contributed by atoms with E-state index in [0.29, 0.717) is 18.2 Å². The molecule has 2 aliphatic rings. The van der Waals surface area contributed by atoms with Gasteiger partial charge in [0.1, 0.15) is 0 Å². The summed E-state index contributed by atoms with van der Waals surface area (Å²) in [7, 11) is -3.66. The first-order valence-electron chi connectivity index (χ1n) is 11.1. The molecule has 2 aromatic carbocycles. The van der Waals surface area contributed by atoms with Crippen molar-refractivity contribution in [2.24, 2.45) is 0 Å². The van der Waals surface area contributed by atoms with Crippen molar-refractivity contribution >= 4 is 21.6 Å². The van der Waals surface area contributed by atoms with Crippen LogP contribution in [0.15, 0.2) is 53.4 Å². The number of hydrogen-bond acceptors (Lipinski definition) is 4. The van der Waals surface area contributed by atoms with Gasteiger partial charge in [0.25, 0.3) is 15.9 Å². The zero-order valence-electron chi connectivity index (χ0n) is 18.3. The van der Waals surface area contributed by atoms with Gasteiger partial charge in [0.2, 0.25) is 0 Å². The quantitative estimate of drug-likeness (QED) is 0.772. The second-order valence-corrected chi connectivity index (χ2v) is 10.6. The topological polar surface area (TPSA) is 69.7 Å². The highest BCUT2D eigenvalue weighted by Gasteiger charge is 2.29. The van der Waals surface area contributed by atoms with Gasteiger partial charge in [-0.1, -0.05) is 18.2 Å². The molecule has 7 heteroatoms. The molecule has 6 nitrogen and oxygen atoms in total. The lowest BCUT2D eigenvalue weighted by Crippen LogP contribution is -2.46. The maximum absolute atomic E-state index is 13.3. The Morgan fingerprint density at radius 1 is 1.00 bits per heavy atom. The monoisotopic (exact) mass is 441 g/mol. The minimum absolute atomic E-state index is 0.143. The Bertz CT molecular complexity index is 1030. The Morgan fingerprint density at radius 3 is 2.35 bits per heavy atom. The molecular weight excluding hydrogens is 410 g/mol. The number of likely N-dealkylation sites (tertiary alicyclic amines) is 1. The maximum Gasteiger partial charge on any atom is 0.264 e. The number of piperidine rings is 1. The van der Waals surface area contributed by atoms with Crippen LogP contribution >= 0.6 is 0 Å². The Morgan fingerprint density at radius 2 is 1.68 bits per heavy atom. The van der Waals surface area contributed by atoms with Crippen molar-refractivity contribution in [2.75, 3.05) is 23.9 Å². The minimum atomic E-state index is -3.66. The molecule has 0 bridgehead atoms. The Kier molecular flexibility index (Phi) is 6.34. The third-order valence-electron chi connectivity index (χ3n) is 6.37. The molecule has 2 aliphatic heterocycles. The van der Waals surface area contributed by atoms with Crippen LogP contribution in [0.5, 0.6) is 0 Å². The van der Waals surface area contributed by atoms with E-state index in [-0.39, 0.29) is 16.8 Å². The summed E-state index contributed by atoms with van der Waals surface area (Å²) in [5.41, 5.74) is 2.30. The molecule has 0 unspecified atom stereocenters. The molecule has 0 radical (unpaired) electrons. The SMILES string of the molecule is CC(C)N1CCC(NC(=O)c2ccc(S(=O)(=O)N3CCCc4ccccc43)cc2)CC1. The number of amides is 1. The van der Waals surface area contributed by atoms with Crippen LogP contribution in [-0.2, 0) is 16.4 Å². The standard InChI is InChI=1S/C24H31N3O3S/c1-18(2)26-16-13-21(14-17-26)25-24(28)20-9-11-22(12-10-20)31(29,30)27-15-5-7-19-6-3-4-8-23(19)27/h3-4,6,8-12,18,21H,5,7,13-17H2,1-2H3,(H,25,28). The summed E-state index contributed by atoms with van der Waals surface area (Å²) in [4.78, 5) is 15.3. The summed E-state index contributed by atoms with van der Waals surface area (Å²) >= 11 is 0. The van der Waals surface area contributed by atoms with E-state index in [0.717, 1.165) is 50.0 Å². The first-order valence-corrected chi connectivity index (χ1v) is 12.6. The fourth-order valence-electron chi connectivity index (χ4n) is 4.48. The van der Waals surface area contributed by atoms with Gasteiger partial charge < -0.3 is 10.2 Å². The van der Waals surface area contributed by atoms with Crippen molar-refractivity contribution in [1.29, 1.82) is 0 Å². The molecule has 0 aromatic heterocycles. The van der Waals surface area contributed by atoms with Crippen LogP contribution < -0.4 is 9.62 Å². The van der Waals surface area contributed by atoms with Crippen LogP contribution in [0.3, 0.4) is 0 Å². The molecular formula is C24H31N3O3S. The lowest BCUT2D eigenvalue weighted by molar-refractivity contribution is 0.0900. The van der Waals surface area contributed by atoms with Gasteiger partial charge in [-0.3, -0.25) is 9.10 Å². The van der Waals surface area contributed by atoms with E-state index in [4.69, 9.17) is 0 Å². The maximum atomic E-state index is 13.3. The number of carbonyl (C=O) groups excluding carboxylic acids is 1. The molecule has 2 heterocycles. The number of nitrogens with zero attached hydrogens (tertiary/aromatic N) is 2. The van der Waals surface area contributed by atoms with Gasteiger partial charge in [0, 0.05) is 37.3 Å². The van der Waals surface area contributed by atoms with E-state index in [1.165, 1.54) is 4.31 Å². The molecule has 1 saturated heterocycles. The van der Waals surface area contributed by atoms with Crippen molar-refractivity contribution in [1.82, 2.24) is 10.2 Å². The van der Waals surface area contributed by atoms with Crippen LogP contribution in [0, 0.1) is 0 Å². The number of aryl methyl sites for hydroxylation is 1. The summed E-state index contributed by atoms with van der Waals surface area (Å²) in [5, 5.41) is 3.10. The Hall–Kier alpha value is -2.38. The molecule has 0 spiro atoms. The largest absolute Gasteiger partial charge is 0.349 e. The smallest absolute Gasteiger partial charge is 0.264 e. The summed E-state index contributed by atoms with van der Waals surface area (Å²) in [6, 6.07) is 14.7. The normalized spacial score (nSPS) is 18.1. The van der Waals surface area contributed by atoms with Crippen molar-refractivity contribution in [3.8, 4) is 0 Å². The molecule has 166 valence electrons. The van der Waals surface area contributed by atoms with Gasteiger partial charge >= 0.3 is 0 Å². The van der Waals surface area contributed by atoms with Gasteiger partial charge in [-0.2, -0.15) is 0 Å². The number of carbonyl (C=O) groups is 1. The molecule has 31 heavy (non-hydrogen) atoms. The van der Waals surface area contributed by atoms with Gasteiger partial charge in [-0.15, -0.1) is 0 Å². The molecule has 4 rings (SSSR count). The summed E-state index contributed by atoms with van der Waals surface area (Å²) in [5.74, 6) is -0.143. The highest BCUT2D eigenvalue weighted by Crippen LogP contribution is 2.31. The fraction of sp³-hybridized carbons (Fsp3) is 0.458. The zero-order chi connectivity index (χ0) is 22.0. The molecule has 0 saturated carbocycles. The first kappa shape index (κ1) is 21.8. The van der Waals surface area contributed by atoms with Crippen LogP contribution in [0.25, 0.3) is 0 Å². The van der Waals surface area contributed by atoms with Crippen LogP contribution in [-0.4, -0.2) is 50.9 Å². The lowest BCUT2D eigenvalue weighted by atomic mass is 10.0. The van der Waals surface area contributed by atoms with E-state index < -0.39 is 10.0 Å². The number of rotatable bonds is 5. The lowest BCUT2D eigenvalue weighted by Gasteiger charge is -2.34. The van der Waals surface area contributed by atoms with E-state index >= 15 is 0 Å². The van der Waals surface area contributed by atoms with Crippen molar-refractivity contribution in [3.63, 3.8) is 0 Å². The molecule has 1 N–H and O–H groups in total. The number of anilines is 1. The number of nitrogens with one attached hydrogen (secondary N) is 1. The van der Waals surface area contributed by atoms with Crippen LogP contribution in [0.4, 0.5) is 5.69 Å². The van der Waals surface area contributed by atoms with Gasteiger partial charge in [0.15, 0.2) is 0 Å². The highest BCUT2D eigenvalue weighted by atomic mass is 32.2. The van der Waals surface area contributed by atoms with Gasteiger partial charge in [-0.05, 0) is 75.4 Å². The van der Waals surface area contributed by atoms with Gasteiger partial charge in [-0.25, -0.2) is 8.42 Å². The average Bonchev–Trinajstić information content (AvgIpc) is 2.79. The number of para-hydroxylation sites is 1. The van der Waals surface area contributed by atoms with Crippen LogP contribution in [0.1, 0.15) is 49.0 Å². The predicted octanol–water partition coefficient (Wildman–Crippen LogP) is 3.43. The predicted molar refractivity (Wildman–Crippen MR) is 123 cm³/mol. The second kappa shape index (κ2) is 9.01. The molecule has 0 atom stereocenters. The number of sulfonamides is 1. The minimum Gasteiger partial charge on any atom is -0.349 e. The summed E-state index contributed by atoms with van der Waals surface area (Å²) in [6.07, 6.45) is 3.55. The van der Waals surface area contributed by atoms with Crippen molar-refractivity contribution in [3.05, 3.63) is 59.7 Å². The van der Waals surface area contributed by atoms with Crippen LogP contribution in [0.2, 0.25) is 0 Å². The third-order valence-corrected chi connectivity index (χ3v) is 8.19. The Balaban J connectivity index is 1.44. The highest BCUT2D eigenvalue weighted by molar-refractivity contribution is 7.92. The molecule has 0 aliphatic carbocycles. The zero-order valence-corrected chi connectivity index (χ0v) is 19.1. The number of fused-ring (bicyclic) bond motifs is 1. The first-order chi connectivity index (χ1) is 14.9. The number of benzene rings is 2.